The summed E-state index contributed by atoms with van der Waals surface area (Å²) in [6, 6.07) is 17.4. The van der Waals surface area contributed by atoms with Gasteiger partial charge in [0.25, 0.3) is 5.91 Å². The molecule has 0 saturated carbocycles. The summed E-state index contributed by atoms with van der Waals surface area (Å²) in [6.07, 6.45) is 1.10. The van der Waals surface area contributed by atoms with E-state index in [1.807, 2.05) is 60.0 Å². The van der Waals surface area contributed by atoms with Crippen molar-refractivity contribution in [2.75, 3.05) is 17.6 Å². The fourth-order valence-electron chi connectivity index (χ4n) is 2.64. The first-order valence-corrected chi connectivity index (χ1v) is 9.59. The Hall–Kier alpha value is -2.63. The second-order valence-corrected chi connectivity index (χ2v) is 7.05. The van der Waals surface area contributed by atoms with Crippen LogP contribution in [0.4, 0.5) is 11.4 Å². The molecule has 4 N–H and O–H groups in total. The standard InChI is InChI=1S/C21H23N3OS/c1-2-11-23-14-15-5-7-16(8-6-15)21(25)24-19-13-17(9-10-18(19)22)20-4-3-12-26-20/h3-10,12-13,23H,2,11,14,22H2,1H3,(H,24,25). The van der Waals surface area contributed by atoms with E-state index >= 15 is 0 Å². The quantitative estimate of drug-likeness (QED) is 0.418. The zero-order chi connectivity index (χ0) is 18.4. The number of rotatable bonds is 7. The third-order valence-corrected chi connectivity index (χ3v) is 5.00. The normalized spacial score (nSPS) is 10.7. The van der Waals surface area contributed by atoms with Gasteiger partial charge in [-0.3, -0.25) is 4.79 Å². The second-order valence-electron chi connectivity index (χ2n) is 6.11. The number of carbonyl (C=O) groups excluding carboxylic acids is 1. The highest BCUT2D eigenvalue weighted by Gasteiger charge is 2.10. The molecule has 2 aromatic carbocycles. The van der Waals surface area contributed by atoms with E-state index < -0.39 is 0 Å². The SMILES string of the molecule is CCCNCc1ccc(C(=O)Nc2cc(-c3cccs3)ccc2N)cc1. The van der Waals surface area contributed by atoms with Crippen molar-refractivity contribution < 1.29 is 4.79 Å². The largest absolute Gasteiger partial charge is 0.397 e. The number of carbonyl (C=O) groups is 1. The van der Waals surface area contributed by atoms with Crippen LogP contribution in [0.2, 0.25) is 0 Å². The molecule has 3 aromatic rings. The summed E-state index contributed by atoms with van der Waals surface area (Å²) in [5.74, 6) is -0.159. The van der Waals surface area contributed by atoms with Crippen LogP contribution in [0.3, 0.4) is 0 Å². The molecule has 0 fully saturated rings. The predicted molar refractivity (Wildman–Crippen MR) is 111 cm³/mol. The van der Waals surface area contributed by atoms with E-state index in [9.17, 15) is 4.79 Å². The van der Waals surface area contributed by atoms with Crippen molar-refractivity contribution in [3.63, 3.8) is 0 Å². The van der Waals surface area contributed by atoms with Crippen molar-refractivity contribution in [1.29, 1.82) is 0 Å². The lowest BCUT2D eigenvalue weighted by Gasteiger charge is -2.11. The van der Waals surface area contributed by atoms with E-state index in [-0.39, 0.29) is 5.91 Å². The lowest BCUT2D eigenvalue weighted by Crippen LogP contribution is -2.15. The van der Waals surface area contributed by atoms with E-state index in [4.69, 9.17) is 5.73 Å². The minimum atomic E-state index is -0.159. The minimum absolute atomic E-state index is 0.159. The summed E-state index contributed by atoms with van der Waals surface area (Å²) in [7, 11) is 0. The molecule has 0 spiro atoms. The van der Waals surface area contributed by atoms with Crippen LogP contribution in [0.15, 0.2) is 60.0 Å². The van der Waals surface area contributed by atoms with Gasteiger partial charge in [0.15, 0.2) is 0 Å². The van der Waals surface area contributed by atoms with Gasteiger partial charge in [-0.2, -0.15) is 0 Å². The molecule has 3 rings (SSSR count). The van der Waals surface area contributed by atoms with Crippen LogP contribution in [-0.2, 0) is 6.54 Å². The summed E-state index contributed by atoms with van der Waals surface area (Å²) in [5, 5.41) is 8.31. The summed E-state index contributed by atoms with van der Waals surface area (Å²) < 4.78 is 0. The molecule has 1 amide bonds. The van der Waals surface area contributed by atoms with Crippen LogP contribution in [0.5, 0.6) is 0 Å². The Morgan fingerprint density at radius 2 is 1.92 bits per heavy atom. The zero-order valence-corrected chi connectivity index (χ0v) is 15.6. The van der Waals surface area contributed by atoms with Crippen molar-refractivity contribution in [3.8, 4) is 10.4 Å². The molecular formula is C21H23N3OS. The number of amides is 1. The van der Waals surface area contributed by atoms with Crippen molar-refractivity contribution in [1.82, 2.24) is 5.32 Å². The fraction of sp³-hybridized carbons (Fsp3) is 0.190. The molecule has 0 aliphatic heterocycles. The molecule has 1 aromatic heterocycles. The van der Waals surface area contributed by atoms with Gasteiger partial charge in [0, 0.05) is 17.0 Å². The third kappa shape index (κ3) is 4.50. The first-order chi connectivity index (χ1) is 12.7. The van der Waals surface area contributed by atoms with Gasteiger partial charge >= 0.3 is 0 Å². The number of hydrogen-bond donors (Lipinski definition) is 3. The van der Waals surface area contributed by atoms with Crippen molar-refractivity contribution >= 4 is 28.6 Å². The summed E-state index contributed by atoms with van der Waals surface area (Å²) in [4.78, 5) is 13.7. The number of nitrogen functional groups attached to an aromatic ring is 1. The Morgan fingerprint density at radius 1 is 1.12 bits per heavy atom. The van der Waals surface area contributed by atoms with Crippen LogP contribution in [0.25, 0.3) is 10.4 Å². The molecule has 0 aliphatic carbocycles. The first-order valence-electron chi connectivity index (χ1n) is 8.72. The average Bonchev–Trinajstić information content (AvgIpc) is 3.19. The Morgan fingerprint density at radius 3 is 2.62 bits per heavy atom. The van der Waals surface area contributed by atoms with Crippen LogP contribution >= 0.6 is 11.3 Å². The maximum absolute atomic E-state index is 12.6. The molecule has 0 atom stereocenters. The van der Waals surface area contributed by atoms with Crippen LogP contribution in [0, 0.1) is 0 Å². The smallest absolute Gasteiger partial charge is 0.255 e. The topological polar surface area (TPSA) is 67.2 Å². The molecule has 0 aliphatic rings. The zero-order valence-electron chi connectivity index (χ0n) is 14.8. The molecule has 0 radical (unpaired) electrons. The lowest BCUT2D eigenvalue weighted by molar-refractivity contribution is 0.102. The van der Waals surface area contributed by atoms with Gasteiger partial charge in [0.05, 0.1) is 11.4 Å². The minimum Gasteiger partial charge on any atom is -0.397 e. The van der Waals surface area contributed by atoms with Crippen LogP contribution in [-0.4, -0.2) is 12.5 Å². The molecule has 0 unspecified atom stereocenters. The fourth-order valence-corrected chi connectivity index (χ4v) is 3.36. The summed E-state index contributed by atoms with van der Waals surface area (Å²) >= 11 is 1.66. The molecular weight excluding hydrogens is 342 g/mol. The van der Waals surface area contributed by atoms with E-state index in [0.29, 0.717) is 16.9 Å². The Labute approximate surface area is 158 Å². The predicted octanol–water partition coefficient (Wildman–Crippen LogP) is 4.75. The Bertz CT molecular complexity index is 857. The van der Waals surface area contributed by atoms with Crippen molar-refractivity contribution in [2.24, 2.45) is 0 Å². The molecule has 5 heteroatoms. The molecule has 134 valence electrons. The van der Waals surface area contributed by atoms with Gasteiger partial charge in [0.1, 0.15) is 0 Å². The monoisotopic (exact) mass is 365 g/mol. The van der Waals surface area contributed by atoms with Crippen molar-refractivity contribution in [2.45, 2.75) is 19.9 Å². The number of nitrogens with one attached hydrogen (secondary N) is 2. The third-order valence-electron chi connectivity index (χ3n) is 4.08. The van der Waals surface area contributed by atoms with Crippen LogP contribution < -0.4 is 16.4 Å². The second kappa shape index (κ2) is 8.65. The molecule has 0 bridgehead atoms. The maximum atomic E-state index is 12.6. The van der Waals surface area contributed by atoms with Crippen molar-refractivity contribution in [3.05, 3.63) is 71.1 Å². The molecule has 4 nitrogen and oxygen atoms in total. The summed E-state index contributed by atoms with van der Waals surface area (Å²) in [6.45, 7) is 3.94. The maximum Gasteiger partial charge on any atom is 0.255 e. The Kier molecular flexibility index (Phi) is 6.04. The number of hydrogen-bond acceptors (Lipinski definition) is 4. The number of anilines is 2. The van der Waals surface area contributed by atoms with E-state index in [0.717, 1.165) is 35.5 Å². The summed E-state index contributed by atoms with van der Waals surface area (Å²) in [5.41, 5.74) is 10.1. The number of nitrogens with two attached hydrogens (primary N) is 1. The first kappa shape index (κ1) is 18.2. The van der Waals surface area contributed by atoms with Crippen LogP contribution in [0.1, 0.15) is 29.3 Å². The van der Waals surface area contributed by atoms with E-state index in [2.05, 4.69) is 17.6 Å². The lowest BCUT2D eigenvalue weighted by atomic mass is 10.1. The number of thiophene rings is 1. The van der Waals surface area contributed by atoms with Gasteiger partial charge in [-0.05, 0) is 59.8 Å². The highest BCUT2D eigenvalue weighted by molar-refractivity contribution is 7.13. The van der Waals surface area contributed by atoms with Gasteiger partial charge in [0.2, 0.25) is 0 Å². The highest BCUT2D eigenvalue weighted by Crippen LogP contribution is 2.30. The molecule has 0 saturated heterocycles. The highest BCUT2D eigenvalue weighted by atomic mass is 32.1. The van der Waals surface area contributed by atoms with Gasteiger partial charge in [-0.15, -0.1) is 11.3 Å². The average molecular weight is 366 g/mol. The van der Waals surface area contributed by atoms with E-state index in [1.165, 1.54) is 0 Å². The van der Waals surface area contributed by atoms with E-state index in [1.54, 1.807) is 11.3 Å². The Balaban J connectivity index is 1.70. The van der Waals surface area contributed by atoms with Gasteiger partial charge in [-0.1, -0.05) is 31.2 Å². The van der Waals surface area contributed by atoms with Gasteiger partial charge < -0.3 is 16.4 Å². The molecule has 26 heavy (non-hydrogen) atoms. The van der Waals surface area contributed by atoms with Gasteiger partial charge in [-0.25, -0.2) is 0 Å². The number of benzene rings is 2. The molecule has 1 heterocycles.